The zero-order valence-electron chi connectivity index (χ0n) is 10.9. The largest absolute Gasteiger partial charge is 0.329 e. The molecule has 90 valence electrons. The molecule has 2 N–H and O–H groups in total. The predicted molar refractivity (Wildman–Crippen MR) is 66.9 cm³/mol. The van der Waals surface area contributed by atoms with Crippen molar-refractivity contribution in [3.05, 3.63) is 0 Å². The lowest BCUT2D eigenvalue weighted by molar-refractivity contribution is 0.0884. The Morgan fingerprint density at radius 1 is 1.47 bits per heavy atom. The van der Waals surface area contributed by atoms with E-state index in [1.54, 1.807) is 0 Å². The third kappa shape index (κ3) is 2.73. The maximum atomic E-state index is 5.97. The summed E-state index contributed by atoms with van der Waals surface area (Å²) in [5.74, 6) is 1.56. The Morgan fingerprint density at radius 3 is 2.60 bits per heavy atom. The summed E-state index contributed by atoms with van der Waals surface area (Å²) in [7, 11) is 0. The Labute approximate surface area is 95.2 Å². The predicted octanol–water partition coefficient (Wildman–Crippen LogP) is 2.48. The highest BCUT2D eigenvalue weighted by Crippen LogP contribution is 2.31. The molecular formula is C13H28N2. The van der Waals surface area contributed by atoms with Crippen molar-refractivity contribution in [2.45, 2.75) is 52.5 Å². The SMILES string of the molecule is CCCC1CCN(C(C)(CN)C(C)C)C1. The standard InChI is InChI=1S/C13H28N2/c1-5-6-12-7-8-15(9-12)13(4,10-14)11(2)3/h11-12H,5-10,14H2,1-4H3. The lowest BCUT2D eigenvalue weighted by Crippen LogP contribution is -2.54. The van der Waals surface area contributed by atoms with Crippen LogP contribution in [0.5, 0.6) is 0 Å². The minimum Gasteiger partial charge on any atom is -0.329 e. The van der Waals surface area contributed by atoms with Crippen molar-refractivity contribution in [2.75, 3.05) is 19.6 Å². The summed E-state index contributed by atoms with van der Waals surface area (Å²) in [4.78, 5) is 2.62. The first-order chi connectivity index (χ1) is 7.04. The summed E-state index contributed by atoms with van der Waals surface area (Å²) in [6, 6.07) is 0. The lowest BCUT2D eigenvalue weighted by Gasteiger charge is -2.41. The minimum atomic E-state index is 0.211. The normalized spacial score (nSPS) is 27.2. The first-order valence-corrected chi connectivity index (χ1v) is 6.49. The monoisotopic (exact) mass is 212 g/mol. The van der Waals surface area contributed by atoms with E-state index in [1.807, 2.05) is 0 Å². The highest BCUT2D eigenvalue weighted by molar-refractivity contribution is 4.94. The molecule has 0 bridgehead atoms. The van der Waals surface area contributed by atoms with Crippen molar-refractivity contribution in [1.82, 2.24) is 4.90 Å². The molecule has 2 nitrogen and oxygen atoms in total. The molecule has 0 aromatic carbocycles. The molecular weight excluding hydrogens is 184 g/mol. The molecule has 0 radical (unpaired) electrons. The fraction of sp³-hybridized carbons (Fsp3) is 1.00. The Hall–Kier alpha value is -0.0800. The first kappa shape index (κ1) is 13.0. The van der Waals surface area contributed by atoms with Crippen LogP contribution < -0.4 is 5.73 Å². The number of hydrogen-bond acceptors (Lipinski definition) is 2. The van der Waals surface area contributed by atoms with E-state index < -0.39 is 0 Å². The van der Waals surface area contributed by atoms with Gasteiger partial charge in [-0.1, -0.05) is 27.2 Å². The van der Waals surface area contributed by atoms with Gasteiger partial charge < -0.3 is 5.73 Å². The highest BCUT2D eigenvalue weighted by Gasteiger charge is 2.37. The van der Waals surface area contributed by atoms with E-state index in [4.69, 9.17) is 5.73 Å². The van der Waals surface area contributed by atoms with Gasteiger partial charge in [-0.3, -0.25) is 4.90 Å². The average molecular weight is 212 g/mol. The molecule has 1 aliphatic heterocycles. The Bertz CT molecular complexity index is 191. The van der Waals surface area contributed by atoms with Gasteiger partial charge in [0.05, 0.1) is 0 Å². The number of likely N-dealkylation sites (tertiary alicyclic amines) is 1. The number of nitrogens with zero attached hydrogens (tertiary/aromatic N) is 1. The second-order valence-corrected chi connectivity index (χ2v) is 5.61. The Kier molecular flexibility index (Phi) is 4.60. The van der Waals surface area contributed by atoms with E-state index >= 15 is 0 Å². The van der Waals surface area contributed by atoms with Crippen LogP contribution in [-0.4, -0.2) is 30.1 Å². The summed E-state index contributed by atoms with van der Waals surface area (Å²) in [5, 5.41) is 0. The van der Waals surface area contributed by atoms with Gasteiger partial charge in [-0.05, 0) is 38.1 Å². The van der Waals surface area contributed by atoms with Crippen LogP contribution in [0.1, 0.15) is 47.0 Å². The van der Waals surface area contributed by atoms with E-state index in [9.17, 15) is 0 Å². The van der Waals surface area contributed by atoms with E-state index in [1.165, 1.54) is 32.4 Å². The van der Waals surface area contributed by atoms with E-state index in [-0.39, 0.29) is 5.54 Å². The van der Waals surface area contributed by atoms with Crippen LogP contribution in [0.2, 0.25) is 0 Å². The summed E-state index contributed by atoms with van der Waals surface area (Å²) in [6.07, 6.45) is 4.07. The van der Waals surface area contributed by atoms with Gasteiger partial charge in [-0.2, -0.15) is 0 Å². The van der Waals surface area contributed by atoms with Gasteiger partial charge in [0.2, 0.25) is 0 Å². The van der Waals surface area contributed by atoms with Crippen LogP contribution in [-0.2, 0) is 0 Å². The molecule has 1 saturated heterocycles. The fourth-order valence-electron chi connectivity index (χ4n) is 2.67. The van der Waals surface area contributed by atoms with Crippen molar-refractivity contribution < 1.29 is 0 Å². The van der Waals surface area contributed by atoms with Gasteiger partial charge in [0.25, 0.3) is 0 Å². The van der Waals surface area contributed by atoms with E-state index in [0.29, 0.717) is 5.92 Å². The minimum absolute atomic E-state index is 0.211. The van der Waals surface area contributed by atoms with Crippen LogP contribution in [0.3, 0.4) is 0 Å². The van der Waals surface area contributed by atoms with Crippen molar-refractivity contribution in [3.63, 3.8) is 0 Å². The molecule has 1 aliphatic rings. The van der Waals surface area contributed by atoms with Crippen molar-refractivity contribution in [3.8, 4) is 0 Å². The quantitative estimate of drug-likeness (QED) is 0.758. The van der Waals surface area contributed by atoms with Crippen molar-refractivity contribution in [1.29, 1.82) is 0 Å². The zero-order valence-corrected chi connectivity index (χ0v) is 10.9. The van der Waals surface area contributed by atoms with Gasteiger partial charge in [0.15, 0.2) is 0 Å². The lowest BCUT2D eigenvalue weighted by atomic mass is 9.87. The third-order valence-corrected chi connectivity index (χ3v) is 4.36. The maximum Gasteiger partial charge on any atom is 0.0326 e. The van der Waals surface area contributed by atoms with Gasteiger partial charge in [0, 0.05) is 18.6 Å². The molecule has 2 atom stereocenters. The van der Waals surface area contributed by atoms with Crippen molar-refractivity contribution in [2.24, 2.45) is 17.6 Å². The maximum absolute atomic E-state index is 5.97. The fourth-order valence-corrected chi connectivity index (χ4v) is 2.67. The number of nitrogens with two attached hydrogens (primary N) is 1. The van der Waals surface area contributed by atoms with Crippen LogP contribution in [0.15, 0.2) is 0 Å². The summed E-state index contributed by atoms with van der Waals surface area (Å²) in [6.45, 7) is 12.5. The molecule has 0 amide bonds. The molecule has 15 heavy (non-hydrogen) atoms. The third-order valence-electron chi connectivity index (χ3n) is 4.36. The Morgan fingerprint density at radius 2 is 2.13 bits per heavy atom. The molecule has 1 heterocycles. The highest BCUT2D eigenvalue weighted by atomic mass is 15.2. The van der Waals surface area contributed by atoms with Crippen LogP contribution >= 0.6 is 0 Å². The average Bonchev–Trinajstić information content (AvgIpc) is 2.66. The smallest absolute Gasteiger partial charge is 0.0326 e. The zero-order chi connectivity index (χ0) is 11.5. The molecule has 0 saturated carbocycles. The molecule has 0 aromatic heterocycles. The summed E-state index contributed by atoms with van der Waals surface area (Å²) >= 11 is 0. The molecule has 0 spiro atoms. The van der Waals surface area contributed by atoms with Crippen LogP contribution in [0, 0.1) is 11.8 Å². The Balaban J connectivity index is 2.57. The molecule has 1 rings (SSSR count). The molecule has 2 heteroatoms. The number of rotatable bonds is 5. The van der Waals surface area contributed by atoms with Gasteiger partial charge >= 0.3 is 0 Å². The van der Waals surface area contributed by atoms with E-state index in [0.717, 1.165) is 12.5 Å². The van der Waals surface area contributed by atoms with Gasteiger partial charge in [-0.15, -0.1) is 0 Å². The van der Waals surface area contributed by atoms with E-state index in [2.05, 4.69) is 32.6 Å². The van der Waals surface area contributed by atoms with Gasteiger partial charge in [0.1, 0.15) is 0 Å². The number of hydrogen-bond donors (Lipinski definition) is 1. The van der Waals surface area contributed by atoms with Gasteiger partial charge in [-0.25, -0.2) is 0 Å². The summed E-state index contributed by atoms with van der Waals surface area (Å²) < 4.78 is 0. The second kappa shape index (κ2) is 5.31. The summed E-state index contributed by atoms with van der Waals surface area (Å²) in [5.41, 5.74) is 6.18. The van der Waals surface area contributed by atoms with Crippen LogP contribution in [0.25, 0.3) is 0 Å². The van der Waals surface area contributed by atoms with Crippen molar-refractivity contribution >= 4 is 0 Å². The van der Waals surface area contributed by atoms with Crippen LogP contribution in [0.4, 0.5) is 0 Å². The first-order valence-electron chi connectivity index (χ1n) is 6.49. The molecule has 1 fully saturated rings. The molecule has 0 aliphatic carbocycles. The second-order valence-electron chi connectivity index (χ2n) is 5.61. The molecule has 2 unspecified atom stereocenters. The molecule has 0 aromatic rings. The topological polar surface area (TPSA) is 29.3 Å².